The average molecular weight is 262 g/mol. The molecule has 4 rings (SSSR count). The van der Waals surface area contributed by atoms with E-state index in [0.717, 1.165) is 42.5 Å². The van der Waals surface area contributed by atoms with Crippen molar-refractivity contribution in [2.75, 3.05) is 6.54 Å². The van der Waals surface area contributed by atoms with Crippen LogP contribution in [0.15, 0.2) is 0 Å². The first-order valence-electron chi connectivity index (χ1n) is 8.87. The van der Waals surface area contributed by atoms with E-state index in [0.29, 0.717) is 0 Å². The van der Waals surface area contributed by atoms with Gasteiger partial charge in [0.25, 0.3) is 0 Å². The summed E-state index contributed by atoms with van der Waals surface area (Å²) < 4.78 is 0. The second-order valence-electron chi connectivity index (χ2n) is 7.58. The summed E-state index contributed by atoms with van der Waals surface area (Å²) in [7, 11) is 0. The molecule has 108 valence electrons. The highest BCUT2D eigenvalue weighted by atomic mass is 15.3. The Bertz CT molecular complexity index is 295. The van der Waals surface area contributed by atoms with Crippen molar-refractivity contribution in [3.63, 3.8) is 0 Å². The number of nitrogens with one attached hydrogen (secondary N) is 1. The van der Waals surface area contributed by atoms with E-state index in [4.69, 9.17) is 0 Å². The zero-order valence-corrected chi connectivity index (χ0v) is 12.5. The Morgan fingerprint density at radius 1 is 0.947 bits per heavy atom. The van der Waals surface area contributed by atoms with Gasteiger partial charge in [0.05, 0.1) is 0 Å². The topological polar surface area (TPSA) is 15.3 Å². The predicted molar refractivity (Wildman–Crippen MR) is 79.2 cm³/mol. The number of hydrogen-bond donors (Lipinski definition) is 1. The molecule has 2 heterocycles. The molecule has 0 spiro atoms. The van der Waals surface area contributed by atoms with Crippen molar-refractivity contribution < 1.29 is 0 Å². The number of hydrogen-bond acceptors (Lipinski definition) is 2. The largest absolute Gasteiger partial charge is 0.314 e. The summed E-state index contributed by atoms with van der Waals surface area (Å²) in [5.41, 5.74) is 0. The first-order chi connectivity index (χ1) is 9.36. The van der Waals surface area contributed by atoms with Gasteiger partial charge in [-0.2, -0.15) is 0 Å². The molecule has 2 aliphatic heterocycles. The summed E-state index contributed by atoms with van der Waals surface area (Å²) >= 11 is 0. The fraction of sp³-hybridized carbons (Fsp3) is 1.00. The molecule has 0 amide bonds. The lowest BCUT2D eigenvalue weighted by Crippen LogP contribution is -2.60. The Kier molecular flexibility index (Phi) is 3.35. The van der Waals surface area contributed by atoms with Crippen LogP contribution in [0.25, 0.3) is 0 Å². The van der Waals surface area contributed by atoms with Crippen molar-refractivity contribution in [1.29, 1.82) is 0 Å². The van der Waals surface area contributed by atoms with E-state index in [9.17, 15) is 0 Å². The quantitative estimate of drug-likeness (QED) is 0.818. The summed E-state index contributed by atoms with van der Waals surface area (Å²) in [5.74, 6) is 2.18. The molecule has 19 heavy (non-hydrogen) atoms. The fourth-order valence-electron chi connectivity index (χ4n) is 5.11. The second kappa shape index (κ2) is 5.04. The molecule has 2 saturated carbocycles. The predicted octanol–water partition coefficient (Wildman–Crippen LogP) is 3.17. The maximum atomic E-state index is 3.74. The van der Waals surface area contributed by atoms with Crippen LogP contribution >= 0.6 is 0 Å². The Morgan fingerprint density at radius 2 is 1.53 bits per heavy atom. The van der Waals surface area contributed by atoms with Gasteiger partial charge in [-0.05, 0) is 69.7 Å². The zero-order chi connectivity index (χ0) is 12.8. The first-order valence-corrected chi connectivity index (χ1v) is 8.87. The van der Waals surface area contributed by atoms with Crippen LogP contribution in [0.1, 0.15) is 64.7 Å². The van der Waals surface area contributed by atoms with Crippen molar-refractivity contribution in [3.8, 4) is 0 Å². The van der Waals surface area contributed by atoms with Crippen molar-refractivity contribution in [1.82, 2.24) is 10.2 Å². The van der Waals surface area contributed by atoms with Crippen molar-refractivity contribution >= 4 is 0 Å². The lowest BCUT2D eigenvalue weighted by atomic mass is 9.79. The molecule has 2 atom stereocenters. The molecule has 0 aromatic heterocycles. The van der Waals surface area contributed by atoms with E-state index in [1.807, 2.05) is 0 Å². The van der Waals surface area contributed by atoms with Gasteiger partial charge in [-0.15, -0.1) is 0 Å². The van der Waals surface area contributed by atoms with E-state index >= 15 is 0 Å². The van der Waals surface area contributed by atoms with Gasteiger partial charge in [-0.25, -0.2) is 0 Å². The molecule has 2 heteroatoms. The van der Waals surface area contributed by atoms with Gasteiger partial charge in [-0.1, -0.05) is 13.3 Å². The third kappa shape index (κ3) is 2.47. The fourth-order valence-corrected chi connectivity index (χ4v) is 5.11. The van der Waals surface area contributed by atoms with Gasteiger partial charge in [-0.3, -0.25) is 4.90 Å². The summed E-state index contributed by atoms with van der Waals surface area (Å²) in [6, 6.07) is 3.65. The van der Waals surface area contributed by atoms with Gasteiger partial charge in [0.15, 0.2) is 0 Å². The molecule has 1 N–H and O–H groups in total. The summed E-state index contributed by atoms with van der Waals surface area (Å²) in [4.78, 5) is 3.06. The van der Waals surface area contributed by atoms with E-state index in [-0.39, 0.29) is 0 Å². The molecule has 2 nitrogen and oxygen atoms in total. The SMILES string of the molecule is CCNC1CC2CCCC(C1)N2C(C1CC1)C1CC1. The van der Waals surface area contributed by atoms with Crippen LogP contribution in [0.3, 0.4) is 0 Å². The highest BCUT2D eigenvalue weighted by Crippen LogP contribution is 2.51. The summed E-state index contributed by atoms with van der Waals surface area (Å²) in [5, 5.41) is 3.74. The summed E-state index contributed by atoms with van der Waals surface area (Å²) in [6.45, 7) is 3.41. The van der Waals surface area contributed by atoms with Crippen LogP contribution in [-0.4, -0.2) is 35.6 Å². The van der Waals surface area contributed by atoms with Crippen LogP contribution in [0.2, 0.25) is 0 Å². The van der Waals surface area contributed by atoms with Crippen LogP contribution in [0.4, 0.5) is 0 Å². The minimum atomic E-state index is 0.815. The lowest BCUT2D eigenvalue weighted by molar-refractivity contribution is -0.0253. The highest BCUT2D eigenvalue weighted by molar-refractivity contribution is 5.05. The van der Waals surface area contributed by atoms with Crippen molar-refractivity contribution in [3.05, 3.63) is 0 Å². The molecule has 4 fully saturated rings. The molecular weight excluding hydrogens is 232 g/mol. The maximum Gasteiger partial charge on any atom is 0.0158 e. The number of piperidine rings is 2. The summed E-state index contributed by atoms with van der Waals surface area (Å²) in [6.07, 6.45) is 13.5. The number of rotatable bonds is 5. The molecule has 2 aliphatic carbocycles. The monoisotopic (exact) mass is 262 g/mol. The van der Waals surface area contributed by atoms with Crippen LogP contribution in [0, 0.1) is 11.8 Å². The first kappa shape index (κ1) is 12.6. The molecule has 0 aromatic rings. The van der Waals surface area contributed by atoms with E-state index in [2.05, 4.69) is 17.1 Å². The minimum absolute atomic E-state index is 0.815. The van der Waals surface area contributed by atoms with Crippen molar-refractivity contribution in [2.45, 2.75) is 88.9 Å². The van der Waals surface area contributed by atoms with Gasteiger partial charge >= 0.3 is 0 Å². The van der Waals surface area contributed by atoms with Crippen LogP contribution in [-0.2, 0) is 0 Å². The van der Waals surface area contributed by atoms with E-state index in [1.54, 1.807) is 0 Å². The Balaban J connectivity index is 1.51. The number of fused-ring (bicyclic) bond motifs is 2. The van der Waals surface area contributed by atoms with Crippen LogP contribution in [0.5, 0.6) is 0 Å². The Labute approximate surface area is 118 Å². The molecule has 4 aliphatic rings. The molecular formula is C17H30N2. The standard InChI is InChI=1S/C17H30N2/c1-2-18-14-10-15-4-3-5-16(11-14)19(15)17(12-6-7-12)13-8-9-13/h12-18H,2-11H2,1H3. The van der Waals surface area contributed by atoms with Gasteiger partial charge in [0, 0.05) is 24.2 Å². The number of nitrogens with zero attached hydrogens (tertiary/aromatic N) is 1. The highest BCUT2D eigenvalue weighted by Gasteiger charge is 2.50. The second-order valence-corrected chi connectivity index (χ2v) is 7.58. The molecule has 2 unspecified atom stereocenters. The zero-order valence-electron chi connectivity index (χ0n) is 12.5. The minimum Gasteiger partial charge on any atom is -0.314 e. The van der Waals surface area contributed by atoms with Gasteiger partial charge in [0.2, 0.25) is 0 Å². The Morgan fingerprint density at radius 3 is 2.00 bits per heavy atom. The molecule has 0 aromatic carbocycles. The Hall–Kier alpha value is -0.0800. The smallest absolute Gasteiger partial charge is 0.0158 e. The normalized spacial score (nSPS) is 39.8. The van der Waals surface area contributed by atoms with E-state index in [1.165, 1.54) is 57.8 Å². The molecule has 2 bridgehead atoms. The average Bonchev–Trinajstić information content (AvgIpc) is 3.25. The molecule has 2 saturated heterocycles. The van der Waals surface area contributed by atoms with E-state index < -0.39 is 0 Å². The lowest BCUT2D eigenvalue weighted by Gasteiger charge is -2.53. The third-order valence-electron chi connectivity index (χ3n) is 6.08. The van der Waals surface area contributed by atoms with Gasteiger partial charge in [0.1, 0.15) is 0 Å². The van der Waals surface area contributed by atoms with Crippen molar-refractivity contribution in [2.24, 2.45) is 11.8 Å². The maximum absolute atomic E-state index is 3.74. The molecule has 0 radical (unpaired) electrons. The third-order valence-corrected chi connectivity index (χ3v) is 6.08. The van der Waals surface area contributed by atoms with Gasteiger partial charge < -0.3 is 5.32 Å². The van der Waals surface area contributed by atoms with Crippen LogP contribution < -0.4 is 5.32 Å².